The first-order chi connectivity index (χ1) is 7.06. The van der Waals surface area contributed by atoms with Crippen LogP contribution in [0.25, 0.3) is 0 Å². The molecule has 4 heteroatoms. The number of hydrogen-bond donors (Lipinski definition) is 1. The first kappa shape index (κ1) is 21.1. The Hall–Kier alpha value is 0.830. The van der Waals surface area contributed by atoms with E-state index in [1.807, 2.05) is 0 Å². The van der Waals surface area contributed by atoms with Crippen molar-refractivity contribution in [1.29, 1.82) is 0 Å². The first-order valence-electron chi connectivity index (χ1n) is 5.59. The van der Waals surface area contributed by atoms with Crippen molar-refractivity contribution in [2.75, 3.05) is 6.61 Å². The number of alkyl halides is 3. The van der Waals surface area contributed by atoms with Gasteiger partial charge in [-0.1, -0.05) is 87.7 Å². The van der Waals surface area contributed by atoms with Crippen LogP contribution in [0.3, 0.4) is 0 Å². The van der Waals surface area contributed by atoms with Crippen molar-refractivity contribution >= 4 is 34.8 Å². The number of rotatable bonds is 5. The number of halogens is 3. The number of hydrogen-bond acceptors (Lipinski definition) is 1. The van der Waals surface area contributed by atoms with Gasteiger partial charge in [0.05, 0.1) is 0 Å². The molecule has 0 aromatic heterocycles. The molecule has 0 atom stereocenters. The fourth-order valence-corrected chi connectivity index (χ4v) is 0.658. The van der Waals surface area contributed by atoms with E-state index in [2.05, 4.69) is 20.8 Å². The Morgan fingerprint density at radius 3 is 1.13 bits per heavy atom. The van der Waals surface area contributed by atoms with E-state index < -0.39 is 4.30 Å². The van der Waals surface area contributed by atoms with Gasteiger partial charge in [0.15, 0.2) is 4.30 Å². The lowest BCUT2D eigenvalue weighted by molar-refractivity contribution is 0.287. The Balaban J connectivity index is -0.000000147. The zero-order valence-corrected chi connectivity index (χ0v) is 12.4. The maximum atomic E-state index is 8.07. The van der Waals surface area contributed by atoms with E-state index in [1.54, 1.807) is 0 Å². The molecule has 0 heterocycles. The molecule has 15 heavy (non-hydrogen) atoms. The topological polar surface area (TPSA) is 20.2 Å². The molecule has 0 fully saturated rings. The van der Waals surface area contributed by atoms with E-state index in [0.29, 0.717) is 6.61 Å². The first-order valence-corrected chi connectivity index (χ1v) is 6.90. The van der Waals surface area contributed by atoms with Gasteiger partial charge in [0.1, 0.15) is 0 Å². The molecule has 1 nitrogen and oxygen atoms in total. The second-order valence-corrected chi connectivity index (χ2v) is 5.01. The van der Waals surface area contributed by atoms with Gasteiger partial charge in [-0.2, -0.15) is 0 Å². The highest BCUT2D eigenvalue weighted by Crippen LogP contribution is 2.03. The van der Waals surface area contributed by atoms with E-state index in [-0.39, 0.29) is 0 Å². The van der Waals surface area contributed by atoms with Gasteiger partial charge in [0, 0.05) is 6.61 Å². The second-order valence-electron chi connectivity index (χ2n) is 3.03. The molecule has 0 aliphatic carbocycles. The molecule has 0 amide bonds. The minimum Gasteiger partial charge on any atom is -0.396 e. The fraction of sp³-hybridized carbons (Fsp3) is 1.00. The number of aliphatic hydroxyl groups is 1. The third-order valence-electron chi connectivity index (χ3n) is 1.47. The number of unbranched alkanes of at least 4 members (excludes halogenated alkanes) is 4. The fourth-order valence-electron chi connectivity index (χ4n) is 0.658. The summed E-state index contributed by atoms with van der Waals surface area (Å²) >= 11 is 14.4. The van der Waals surface area contributed by atoms with E-state index in [4.69, 9.17) is 39.9 Å². The molecule has 0 aliphatic heterocycles. The summed E-state index contributed by atoms with van der Waals surface area (Å²) in [5.41, 5.74) is 0. The Morgan fingerprint density at radius 2 is 1.07 bits per heavy atom. The van der Waals surface area contributed by atoms with Gasteiger partial charge in [0.2, 0.25) is 0 Å². The van der Waals surface area contributed by atoms with Crippen LogP contribution in [0.5, 0.6) is 0 Å². The third-order valence-corrected chi connectivity index (χ3v) is 1.47. The standard InChI is InChI=1S/C6H14.C4H10O.CHCl3/c1-3-5-6-4-2;1-2-3-4-5;2-1(3)4/h3-6H2,1-2H3;5H,2-4H2,1H3;1H. The third kappa shape index (κ3) is 71.8. The summed E-state index contributed by atoms with van der Waals surface area (Å²) < 4.78 is -0.750. The molecule has 0 aromatic rings. The van der Waals surface area contributed by atoms with Gasteiger partial charge in [0.25, 0.3) is 0 Å². The van der Waals surface area contributed by atoms with Gasteiger partial charge in [-0.3, -0.25) is 0 Å². The van der Waals surface area contributed by atoms with Crippen molar-refractivity contribution in [2.24, 2.45) is 0 Å². The molecule has 0 saturated carbocycles. The summed E-state index contributed by atoms with van der Waals surface area (Å²) in [5.74, 6) is 0. The van der Waals surface area contributed by atoms with Crippen LogP contribution in [0.15, 0.2) is 0 Å². The van der Waals surface area contributed by atoms with Crippen molar-refractivity contribution in [1.82, 2.24) is 0 Å². The van der Waals surface area contributed by atoms with Crippen molar-refractivity contribution in [3.8, 4) is 0 Å². The summed E-state index contributed by atoms with van der Waals surface area (Å²) in [7, 11) is 0. The van der Waals surface area contributed by atoms with Crippen molar-refractivity contribution in [3.63, 3.8) is 0 Å². The van der Waals surface area contributed by atoms with Gasteiger partial charge in [-0.25, -0.2) is 0 Å². The molecular weight excluding hydrogens is 254 g/mol. The monoisotopic (exact) mass is 278 g/mol. The van der Waals surface area contributed by atoms with Gasteiger partial charge < -0.3 is 5.11 Å². The zero-order chi connectivity index (χ0) is 12.5. The van der Waals surface area contributed by atoms with Crippen LogP contribution >= 0.6 is 34.8 Å². The molecule has 0 aromatic carbocycles. The Labute approximate surface area is 110 Å². The van der Waals surface area contributed by atoms with E-state index in [1.165, 1.54) is 25.7 Å². The van der Waals surface area contributed by atoms with Crippen LogP contribution in [0, 0.1) is 0 Å². The summed E-state index contributed by atoms with van der Waals surface area (Å²) in [6, 6.07) is 0. The second kappa shape index (κ2) is 24.2. The molecule has 0 aliphatic rings. The maximum absolute atomic E-state index is 8.07. The molecule has 1 N–H and O–H groups in total. The van der Waals surface area contributed by atoms with Crippen molar-refractivity contribution < 1.29 is 5.11 Å². The van der Waals surface area contributed by atoms with Crippen LogP contribution in [0.2, 0.25) is 0 Å². The van der Waals surface area contributed by atoms with Crippen LogP contribution in [-0.2, 0) is 0 Å². The lowest BCUT2D eigenvalue weighted by Crippen LogP contribution is -1.75. The van der Waals surface area contributed by atoms with Crippen LogP contribution in [0.4, 0.5) is 0 Å². The normalized spacial score (nSPS) is 8.80. The Bertz CT molecular complexity index is 71.5. The zero-order valence-electron chi connectivity index (χ0n) is 10.1. The molecule has 96 valence electrons. The van der Waals surface area contributed by atoms with Gasteiger partial charge in [-0.15, -0.1) is 0 Å². The highest BCUT2D eigenvalue weighted by molar-refractivity contribution is 6.63. The lowest BCUT2D eigenvalue weighted by atomic mass is 10.2. The van der Waals surface area contributed by atoms with Crippen LogP contribution in [-0.4, -0.2) is 16.0 Å². The Morgan fingerprint density at radius 1 is 0.800 bits per heavy atom. The van der Waals surface area contributed by atoms with E-state index >= 15 is 0 Å². The van der Waals surface area contributed by atoms with E-state index in [9.17, 15) is 0 Å². The highest BCUT2D eigenvalue weighted by Gasteiger charge is 1.79. The molecule has 0 rings (SSSR count). The summed E-state index contributed by atoms with van der Waals surface area (Å²) in [6.45, 7) is 6.86. The Kier molecular flexibility index (Phi) is 34.1. The van der Waals surface area contributed by atoms with Gasteiger partial charge in [-0.05, 0) is 6.42 Å². The van der Waals surface area contributed by atoms with Crippen molar-refractivity contribution in [3.05, 3.63) is 0 Å². The molecule has 0 unspecified atom stereocenters. The van der Waals surface area contributed by atoms with E-state index in [0.717, 1.165) is 12.8 Å². The summed E-state index contributed by atoms with van der Waals surface area (Å²) in [5, 5.41) is 8.07. The quantitative estimate of drug-likeness (QED) is 0.531. The summed E-state index contributed by atoms with van der Waals surface area (Å²) in [6.07, 6.45) is 7.57. The molecule has 0 bridgehead atoms. The average molecular weight is 280 g/mol. The largest absolute Gasteiger partial charge is 0.396 e. The minimum atomic E-state index is -0.750. The van der Waals surface area contributed by atoms with Crippen LogP contribution < -0.4 is 0 Å². The average Bonchev–Trinajstić information content (AvgIpc) is 2.16. The molecular formula is C11H25Cl3O. The predicted octanol–water partition coefficient (Wildman–Crippen LogP) is 5.35. The van der Waals surface area contributed by atoms with Crippen LogP contribution in [0.1, 0.15) is 59.3 Å². The molecule has 0 radical (unpaired) electrons. The SMILES string of the molecule is CCCCCC.CCCCO.ClC(Cl)Cl. The maximum Gasteiger partial charge on any atom is 0.180 e. The smallest absolute Gasteiger partial charge is 0.180 e. The highest BCUT2D eigenvalue weighted by atomic mass is 35.6. The molecule has 0 spiro atoms. The van der Waals surface area contributed by atoms with Gasteiger partial charge >= 0.3 is 0 Å². The minimum absolute atomic E-state index is 0.344. The number of aliphatic hydroxyl groups excluding tert-OH is 1. The predicted molar refractivity (Wildman–Crippen MR) is 73.2 cm³/mol. The summed E-state index contributed by atoms with van der Waals surface area (Å²) in [4.78, 5) is 0. The molecule has 0 saturated heterocycles. The lowest BCUT2D eigenvalue weighted by Gasteiger charge is -1.86. The van der Waals surface area contributed by atoms with Crippen molar-refractivity contribution in [2.45, 2.75) is 63.6 Å².